The monoisotopic (exact) mass is 312 g/mol. The minimum Gasteiger partial charge on any atom is -0.384 e. The zero-order valence-corrected chi connectivity index (χ0v) is 13.3. The fraction of sp³-hybridized carbons (Fsp3) is 0.643. The highest BCUT2D eigenvalue weighted by Gasteiger charge is 2.19. The predicted molar refractivity (Wildman–Crippen MR) is 83.9 cm³/mol. The number of anilines is 1. The van der Waals surface area contributed by atoms with Gasteiger partial charge in [0.15, 0.2) is 0 Å². The average molecular weight is 312 g/mol. The molecule has 0 atom stereocenters. The summed E-state index contributed by atoms with van der Waals surface area (Å²) < 4.78 is 27.4. The molecule has 2 rings (SSSR count). The number of rotatable bonds is 8. The summed E-state index contributed by atoms with van der Waals surface area (Å²) in [5, 5.41) is 3.13. The third-order valence-corrected chi connectivity index (χ3v) is 5.05. The number of likely N-dealkylation sites (tertiary alicyclic amines) is 1. The van der Waals surface area contributed by atoms with Gasteiger partial charge in [0, 0.05) is 32.0 Å². The largest absolute Gasteiger partial charge is 0.384 e. The van der Waals surface area contributed by atoms with Crippen molar-refractivity contribution in [3.05, 3.63) is 18.5 Å². The summed E-state index contributed by atoms with van der Waals surface area (Å²) in [7, 11) is -3.51. The Labute approximate surface area is 127 Å². The summed E-state index contributed by atoms with van der Waals surface area (Å²) in [4.78, 5) is 6.44. The van der Waals surface area contributed by atoms with E-state index in [1.165, 1.54) is 19.0 Å². The van der Waals surface area contributed by atoms with Crippen molar-refractivity contribution in [2.75, 3.05) is 38.0 Å². The molecule has 1 aromatic heterocycles. The van der Waals surface area contributed by atoms with Crippen molar-refractivity contribution in [2.24, 2.45) is 0 Å². The molecule has 2 N–H and O–H groups in total. The quantitative estimate of drug-likeness (QED) is 0.756. The minimum atomic E-state index is -3.51. The number of hydrogen-bond donors (Lipinski definition) is 2. The average Bonchev–Trinajstić information content (AvgIpc) is 2.98. The van der Waals surface area contributed by atoms with E-state index in [9.17, 15) is 8.42 Å². The lowest BCUT2D eigenvalue weighted by Crippen LogP contribution is -2.33. The van der Waals surface area contributed by atoms with Gasteiger partial charge in [0.1, 0.15) is 4.90 Å². The SMILES string of the molecule is CCCNc1ccncc1S(=O)(=O)NCCN1CCCC1. The van der Waals surface area contributed by atoms with Gasteiger partial charge in [0.2, 0.25) is 10.0 Å². The predicted octanol–water partition coefficient (Wildman–Crippen LogP) is 1.28. The van der Waals surface area contributed by atoms with E-state index in [0.29, 0.717) is 12.2 Å². The van der Waals surface area contributed by atoms with Crippen LogP contribution in [0.4, 0.5) is 5.69 Å². The maximum absolute atomic E-state index is 12.4. The smallest absolute Gasteiger partial charge is 0.244 e. The van der Waals surface area contributed by atoms with Gasteiger partial charge in [-0.3, -0.25) is 4.98 Å². The molecule has 6 nitrogen and oxygen atoms in total. The summed E-state index contributed by atoms with van der Waals surface area (Å²) in [5.74, 6) is 0. The number of nitrogens with one attached hydrogen (secondary N) is 2. The van der Waals surface area contributed by atoms with Crippen LogP contribution in [0, 0.1) is 0 Å². The number of sulfonamides is 1. The molecule has 118 valence electrons. The highest BCUT2D eigenvalue weighted by molar-refractivity contribution is 7.89. The number of aromatic nitrogens is 1. The van der Waals surface area contributed by atoms with Gasteiger partial charge in [-0.05, 0) is 38.4 Å². The standard InChI is InChI=1S/C14H24N4O2S/c1-2-6-16-13-5-7-15-12-14(13)21(19,20)17-8-11-18-9-3-4-10-18/h5,7,12,17H,2-4,6,8-11H2,1H3,(H,15,16). The van der Waals surface area contributed by atoms with Gasteiger partial charge in [0.05, 0.1) is 5.69 Å². The summed E-state index contributed by atoms with van der Waals surface area (Å²) in [6.07, 6.45) is 6.35. The Bertz CT molecular complexity index is 542. The van der Waals surface area contributed by atoms with Crippen molar-refractivity contribution in [1.29, 1.82) is 0 Å². The molecule has 1 aliphatic heterocycles. The van der Waals surface area contributed by atoms with Crippen LogP contribution in [0.25, 0.3) is 0 Å². The van der Waals surface area contributed by atoms with Crippen molar-refractivity contribution in [2.45, 2.75) is 31.1 Å². The lowest BCUT2D eigenvalue weighted by Gasteiger charge is -2.16. The topological polar surface area (TPSA) is 74.3 Å². The van der Waals surface area contributed by atoms with E-state index in [2.05, 4.69) is 19.9 Å². The van der Waals surface area contributed by atoms with Crippen molar-refractivity contribution >= 4 is 15.7 Å². The second-order valence-corrected chi connectivity index (χ2v) is 6.98. The highest BCUT2D eigenvalue weighted by atomic mass is 32.2. The first kappa shape index (κ1) is 16.2. The lowest BCUT2D eigenvalue weighted by molar-refractivity contribution is 0.344. The van der Waals surface area contributed by atoms with Crippen LogP contribution in [0.15, 0.2) is 23.4 Å². The summed E-state index contributed by atoms with van der Waals surface area (Å²) in [6.45, 7) is 6.11. The molecule has 0 saturated carbocycles. The molecule has 0 unspecified atom stereocenters. The second-order valence-electron chi connectivity index (χ2n) is 5.25. The van der Waals surface area contributed by atoms with Gasteiger partial charge in [0.25, 0.3) is 0 Å². The summed E-state index contributed by atoms with van der Waals surface area (Å²) in [6, 6.07) is 1.70. The number of nitrogens with zero attached hydrogens (tertiary/aromatic N) is 2. The Morgan fingerprint density at radius 1 is 1.29 bits per heavy atom. The molecule has 2 heterocycles. The molecule has 0 amide bonds. The van der Waals surface area contributed by atoms with Crippen LogP contribution >= 0.6 is 0 Å². The van der Waals surface area contributed by atoms with E-state index >= 15 is 0 Å². The van der Waals surface area contributed by atoms with Gasteiger partial charge in [-0.2, -0.15) is 0 Å². The van der Waals surface area contributed by atoms with Crippen LogP contribution in [-0.4, -0.2) is 51.0 Å². The van der Waals surface area contributed by atoms with Gasteiger partial charge >= 0.3 is 0 Å². The van der Waals surface area contributed by atoms with E-state index in [0.717, 1.165) is 32.6 Å². The van der Waals surface area contributed by atoms with Crippen molar-refractivity contribution in [3.63, 3.8) is 0 Å². The van der Waals surface area contributed by atoms with E-state index in [1.54, 1.807) is 12.3 Å². The van der Waals surface area contributed by atoms with Crippen LogP contribution in [0.3, 0.4) is 0 Å². The summed E-state index contributed by atoms with van der Waals surface area (Å²) in [5.41, 5.74) is 0.612. The Hall–Kier alpha value is -1.18. The van der Waals surface area contributed by atoms with Gasteiger partial charge in [-0.15, -0.1) is 0 Å². The molecule has 1 aliphatic rings. The molecule has 0 aromatic carbocycles. The molecule has 0 aliphatic carbocycles. The Morgan fingerprint density at radius 2 is 2.05 bits per heavy atom. The maximum Gasteiger partial charge on any atom is 0.244 e. The van der Waals surface area contributed by atoms with Crippen LogP contribution in [-0.2, 0) is 10.0 Å². The van der Waals surface area contributed by atoms with Crippen molar-refractivity contribution in [3.8, 4) is 0 Å². The van der Waals surface area contributed by atoms with Crippen LogP contribution < -0.4 is 10.0 Å². The Kier molecular flexibility index (Phi) is 5.96. The Morgan fingerprint density at radius 3 is 2.76 bits per heavy atom. The molecule has 1 aromatic rings. The molecular formula is C14H24N4O2S. The fourth-order valence-corrected chi connectivity index (χ4v) is 3.57. The normalized spacial score (nSPS) is 16.2. The van der Waals surface area contributed by atoms with Crippen LogP contribution in [0.1, 0.15) is 26.2 Å². The van der Waals surface area contributed by atoms with E-state index < -0.39 is 10.0 Å². The van der Waals surface area contributed by atoms with Gasteiger partial charge < -0.3 is 10.2 Å². The summed E-state index contributed by atoms with van der Waals surface area (Å²) >= 11 is 0. The highest BCUT2D eigenvalue weighted by Crippen LogP contribution is 2.19. The molecule has 1 saturated heterocycles. The third-order valence-electron chi connectivity index (χ3n) is 3.56. The zero-order valence-electron chi connectivity index (χ0n) is 12.5. The van der Waals surface area contributed by atoms with Crippen molar-refractivity contribution < 1.29 is 8.42 Å². The first-order valence-corrected chi connectivity index (χ1v) is 9.01. The maximum atomic E-state index is 12.4. The molecule has 1 fully saturated rings. The van der Waals surface area contributed by atoms with Crippen LogP contribution in [0.2, 0.25) is 0 Å². The molecule has 0 radical (unpaired) electrons. The van der Waals surface area contributed by atoms with E-state index in [4.69, 9.17) is 0 Å². The zero-order chi connectivity index (χ0) is 15.1. The third kappa shape index (κ3) is 4.66. The van der Waals surface area contributed by atoms with Crippen molar-refractivity contribution in [1.82, 2.24) is 14.6 Å². The molecule has 0 bridgehead atoms. The number of pyridine rings is 1. The van der Waals surface area contributed by atoms with E-state index in [1.807, 2.05) is 6.92 Å². The molecular weight excluding hydrogens is 288 g/mol. The molecule has 0 spiro atoms. The Balaban J connectivity index is 1.97. The molecule has 7 heteroatoms. The fourth-order valence-electron chi connectivity index (χ4n) is 2.42. The second kappa shape index (κ2) is 7.72. The first-order valence-electron chi connectivity index (χ1n) is 7.53. The number of hydrogen-bond acceptors (Lipinski definition) is 5. The van der Waals surface area contributed by atoms with Crippen LogP contribution in [0.5, 0.6) is 0 Å². The minimum absolute atomic E-state index is 0.222. The molecule has 21 heavy (non-hydrogen) atoms. The first-order chi connectivity index (χ1) is 10.1. The van der Waals surface area contributed by atoms with Gasteiger partial charge in [-0.25, -0.2) is 13.1 Å². The lowest BCUT2D eigenvalue weighted by atomic mass is 10.4. The van der Waals surface area contributed by atoms with Gasteiger partial charge in [-0.1, -0.05) is 6.92 Å². The van der Waals surface area contributed by atoms with E-state index in [-0.39, 0.29) is 4.90 Å².